The van der Waals surface area contributed by atoms with E-state index < -0.39 is 0 Å². The highest BCUT2D eigenvalue weighted by molar-refractivity contribution is 9.10. The van der Waals surface area contributed by atoms with Crippen LogP contribution in [0.25, 0.3) is 5.69 Å². The summed E-state index contributed by atoms with van der Waals surface area (Å²) >= 11 is 3.45. The van der Waals surface area contributed by atoms with Gasteiger partial charge in [-0.2, -0.15) is 0 Å². The number of nitrogens with zero attached hydrogens (tertiary/aromatic N) is 4. The molecule has 3 unspecified atom stereocenters. The summed E-state index contributed by atoms with van der Waals surface area (Å²) in [4.78, 5) is 12.5. The van der Waals surface area contributed by atoms with Gasteiger partial charge in [-0.1, -0.05) is 12.2 Å². The predicted octanol–water partition coefficient (Wildman–Crippen LogP) is 2.37. The second kappa shape index (κ2) is 5.88. The van der Waals surface area contributed by atoms with Crippen LogP contribution in [0.4, 0.5) is 0 Å². The Kier molecular flexibility index (Phi) is 3.72. The number of benzene rings is 1. The molecular weight excluding hydrogens is 358 g/mol. The Morgan fingerprint density at radius 2 is 2.26 bits per heavy atom. The van der Waals surface area contributed by atoms with E-state index in [0.717, 1.165) is 22.6 Å². The number of carbonyl (C=O) groups is 1. The second-order valence-electron chi connectivity index (χ2n) is 6.17. The summed E-state index contributed by atoms with van der Waals surface area (Å²) in [5, 5.41) is 14.2. The van der Waals surface area contributed by atoms with E-state index in [1.54, 1.807) is 6.07 Å². The van der Waals surface area contributed by atoms with Crippen LogP contribution in [0.3, 0.4) is 0 Å². The molecule has 0 saturated heterocycles. The van der Waals surface area contributed by atoms with E-state index in [0.29, 0.717) is 17.4 Å². The quantitative estimate of drug-likeness (QED) is 0.834. The first-order chi connectivity index (χ1) is 11.2. The number of hydrogen-bond acceptors (Lipinski definition) is 4. The van der Waals surface area contributed by atoms with Gasteiger partial charge in [0.15, 0.2) is 0 Å². The zero-order valence-electron chi connectivity index (χ0n) is 12.4. The van der Waals surface area contributed by atoms with Crippen LogP contribution < -0.4 is 5.32 Å². The molecule has 2 aromatic rings. The van der Waals surface area contributed by atoms with E-state index in [2.05, 4.69) is 48.9 Å². The lowest BCUT2D eigenvalue weighted by molar-refractivity contribution is 0.0944. The summed E-state index contributed by atoms with van der Waals surface area (Å²) in [6.07, 6.45) is 8.56. The van der Waals surface area contributed by atoms with Crippen molar-refractivity contribution in [3.05, 3.63) is 46.7 Å². The molecule has 7 heteroatoms. The standard InChI is InChI=1S/C16H16BrN5O/c17-15-4-3-13(22-9-19-20-21-22)7-14(15)16(23)18-8-12-6-10-1-2-11(12)5-10/h1-4,7,9-12H,5-6,8H2,(H,18,23). The molecule has 1 amide bonds. The van der Waals surface area contributed by atoms with Gasteiger partial charge in [0.2, 0.25) is 0 Å². The summed E-state index contributed by atoms with van der Waals surface area (Å²) in [5.74, 6) is 1.85. The number of tetrazole rings is 1. The van der Waals surface area contributed by atoms with Gasteiger partial charge in [0.1, 0.15) is 6.33 Å². The van der Waals surface area contributed by atoms with E-state index >= 15 is 0 Å². The summed E-state index contributed by atoms with van der Waals surface area (Å²) in [6.45, 7) is 0.728. The fourth-order valence-electron chi connectivity index (χ4n) is 3.56. The average Bonchev–Trinajstić information content (AvgIpc) is 3.30. The minimum atomic E-state index is -0.0708. The maximum atomic E-state index is 12.5. The molecule has 118 valence electrons. The monoisotopic (exact) mass is 373 g/mol. The number of allylic oxidation sites excluding steroid dienone is 2. The van der Waals surface area contributed by atoms with E-state index in [1.807, 2.05) is 12.1 Å². The van der Waals surface area contributed by atoms with Crippen molar-refractivity contribution in [1.82, 2.24) is 25.5 Å². The Morgan fingerprint density at radius 1 is 1.35 bits per heavy atom. The molecule has 1 fully saturated rings. The van der Waals surface area contributed by atoms with Gasteiger partial charge >= 0.3 is 0 Å². The lowest BCUT2D eigenvalue weighted by atomic mass is 9.93. The first kappa shape index (κ1) is 14.6. The summed E-state index contributed by atoms with van der Waals surface area (Å²) in [7, 11) is 0. The number of aromatic nitrogens is 4. The molecule has 6 nitrogen and oxygen atoms in total. The maximum Gasteiger partial charge on any atom is 0.252 e. The van der Waals surface area contributed by atoms with Crippen LogP contribution in [0, 0.1) is 17.8 Å². The minimum absolute atomic E-state index is 0.0708. The molecule has 1 N–H and O–H groups in total. The summed E-state index contributed by atoms with van der Waals surface area (Å²) < 4.78 is 2.30. The zero-order valence-corrected chi connectivity index (χ0v) is 14.0. The molecule has 0 aliphatic heterocycles. The van der Waals surface area contributed by atoms with Gasteiger partial charge in [-0.05, 0) is 75.2 Å². The molecule has 4 rings (SSSR count). The van der Waals surface area contributed by atoms with Crippen molar-refractivity contribution in [2.24, 2.45) is 17.8 Å². The van der Waals surface area contributed by atoms with Crippen LogP contribution in [-0.4, -0.2) is 32.7 Å². The van der Waals surface area contributed by atoms with Crippen molar-refractivity contribution in [2.75, 3.05) is 6.54 Å². The average molecular weight is 374 g/mol. The van der Waals surface area contributed by atoms with Gasteiger partial charge < -0.3 is 5.32 Å². The molecule has 1 heterocycles. The lowest BCUT2D eigenvalue weighted by Gasteiger charge is -2.18. The number of hydrogen-bond donors (Lipinski definition) is 1. The summed E-state index contributed by atoms with van der Waals surface area (Å²) in [6, 6.07) is 5.49. The Balaban J connectivity index is 1.47. The van der Waals surface area contributed by atoms with Crippen LogP contribution in [0.1, 0.15) is 23.2 Å². The molecule has 1 saturated carbocycles. The largest absolute Gasteiger partial charge is 0.352 e. The summed E-state index contributed by atoms with van der Waals surface area (Å²) in [5.41, 5.74) is 1.35. The van der Waals surface area contributed by atoms with Gasteiger partial charge in [0.05, 0.1) is 11.3 Å². The first-order valence-electron chi connectivity index (χ1n) is 7.70. The van der Waals surface area contributed by atoms with Crippen molar-refractivity contribution in [2.45, 2.75) is 12.8 Å². The van der Waals surface area contributed by atoms with Gasteiger partial charge in [-0.3, -0.25) is 4.79 Å². The van der Waals surface area contributed by atoms with Crippen LogP contribution >= 0.6 is 15.9 Å². The van der Waals surface area contributed by atoms with Crippen LogP contribution in [0.2, 0.25) is 0 Å². The third kappa shape index (κ3) is 2.81. The fourth-order valence-corrected chi connectivity index (χ4v) is 3.98. The Bertz CT molecular complexity index is 758. The Hall–Kier alpha value is -2.02. The third-order valence-electron chi connectivity index (χ3n) is 4.75. The van der Waals surface area contributed by atoms with Crippen molar-refractivity contribution < 1.29 is 4.79 Å². The van der Waals surface area contributed by atoms with Gasteiger partial charge in [-0.25, -0.2) is 4.68 Å². The topological polar surface area (TPSA) is 72.7 Å². The van der Waals surface area contributed by atoms with E-state index in [-0.39, 0.29) is 5.91 Å². The number of halogens is 1. The highest BCUT2D eigenvalue weighted by atomic mass is 79.9. The van der Waals surface area contributed by atoms with Gasteiger partial charge in [0.25, 0.3) is 5.91 Å². The van der Waals surface area contributed by atoms with Crippen molar-refractivity contribution >= 4 is 21.8 Å². The molecule has 23 heavy (non-hydrogen) atoms. The number of rotatable bonds is 4. The van der Waals surface area contributed by atoms with Crippen LogP contribution in [0.5, 0.6) is 0 Å². The van der Waals surface area contributed by atoms with Crippen molar-refractivity contribution in [3.8, 4) is 5.69 Å². The second-order valence-corrected chi connectivity index (χ2v) is 7.02. The highest BCUT2D eigenvalue weighted by Gasteiger charge is 2.35. The molecular formula is C16H16BrN5O. The fraction of sp³-hybridized carbons (Fsp3) is 0.375. The van der Waals surface area contributed by atoms with E-state index in [9.17, 15) is 4.79 Å². The molecule has 3 atom stereocenters. The number of carbonyl (C=O) groups excluding carboxylic acids is 1. The molecule has 2 aliphatic rings. The number of nitrogens with one attached hydrogen (secondary N) is 1. The zero-order chi connectivity index (χ0) is 15.8. The number of fused-ring (bicyclic) bond motifs is 2. The van der Waals surface area contributed by atoms with E-state index in [4.69, 9.17) is 0 Å². The maximum absolute atomic E-state index is 12.5. The molecule has 1 aromatic carbocycles. The lowest BCUT2D eigenvalue weighted by Crippen LogP contribution is -2.31. The molecule has 0 radical (unpaired) electrons. The minimum Gasteiger partial charge on any atom is -0.352 e. The smallest absolute Gasteiger partial charge is 0.252 e. The van der Waals surface area contributed by atoms with Crippen molar-refractivity contribution in [1.29, 1.82) is 0 Å². The van der Waals surface area contributed by atoms with Crippen LogP contribution in [0.15, 0.2) is 41.2 Å². The van der Waals surface area contributed by atoms with Crippen molar-refractivity contribution in [3.63, 3.8) is 0 Å². The SMILES string of the molecule is O=C(NCC1CC2C=CC1C2)c1cc(-n2cnnn2)ccc1Br. The predicted molar refractivity (Wildman–Crippen MR) is 88.0 cm³/mol. The van der Waals surface area contributed by atoms with Gasteiger partial charge in [0, 0.05) is 11.0 Å². The van der Waals surface area contributed by atoms with E-state index in [1.165, 1.54) is 23.9 Å². The third-order valence-corrected chi connectivity index (χ3v) is 5.44. The van der Waals surface area contributed by atoms with Gasteiger partial charge in [-0.15, -0.1) is 5.10 Å². The Labute approximate surface area is 142 Å². The number of amides is 1. The molecule has 1 aromatic heterocycles. The molecule has 0 spiro atoms. The highest BCUT2D eigenvalue weighted by Crippen LogP contribution is 2.42. The van der Waals surface area contributed by atoms with Crippen LogP contribution in [-0.2, 0) is 0 Å². The molecule has 2 aliphatic carbocycles. The first-order valence-corrected chi connectivity index (χ1v) is 8.49. The Morgan fingerprint density at radius 3 is 2.96 bits per heavy atom. The normalized spacial score (nSPS) is 25.0. The molecule has 2 bridgehead atoms.